The van der Waals surface area contributed by atoms with Crippen molar-refractivity contribution in [2.75, 3.05) is 18.9 Å². The van der Waals surface area contributed by atoms with Gasteiger partial charge in [-0.25, -0.2) is 8.78 Å². The third kappa shape index (κ3) is 2.90. The summed E-state index contributed by atoms with van der Waals surface area (Å²) >= 11 is 0. The second-order valence-corrected chi connectivity index (χ2v) is 5.01. The second kappa shape index (κ2) is 6.17. The molecular formula is C14H18F2N2O2. The zero-order valence-electron chi connectivity index (χ0n) is 11.1. The highest BCUT2D eigenvalue weighted by atomic mass is 19.2. The Labute approximate surface area is 116 Å². The molecule has 1 aromatic rings. The van der Waals surface area contributed by atoms with Gasteiger partial charge < -0.3 is 15.7 Å². The summed E-state index contributed by atoms with van der Waals surface area (Å²) in [5, 5.41) is 9.05. The number of nitrogens with two attached hydrogens (primary N) is 1. The number of nitrogen functional groups attached to an aromatic ring is 1. The van der Waals surface area contributed by atoms with E-state index in [-0.39, 0.29) is 23.9 Å². The first-order valence-electron chi connectivity index (χ1n) is 6.71. The minimum atomic E-state index is -1.08. The molecule has 0 radical (unpaired) electrons. The molecule has 0 saturated carbocycles. The summed E-state index contributed by atoms with van der Waals surface area (Å²) in [6.45, 7) is 0.531. The van der Waals surface area contributed by atoms with E-state index >= 15 is 0 Å². The minimum Gasteiger partial charge on any atom is -0.398 e. The van der Waals surface area contributed by atoms with E-state index in [2.05, 4.69) is 0 Å². The fourth-order valence-corrected chi connectivity index (χ4v) is 2.62. The van der Waals surface area contributed by atoms with Gasteiger partial charge in [-0.1, -0.05) is 0 Å². The Kier molecular flexibility index (Phi) is 4.54. The van der Waals surface area contributed by atoms with Crippen LogP contribution in [0.15, 0.2) is 12.1 Å². The highest BCUT2D eigenvalue weighted by Gasteiger charge is 2.28. The summed E-state index contributed by atoms with van der Waals surface area (Å²) in [5.41, 5.74) is 5.53. The number of halogens is 2. The standard InChI is InChI=1S/C14H18F2N2O2/c15-11-7-10(13(17)8-12(11)16)14(20)18-5-2-1-3-9(18)4-6-19/h7-9,19H,1-6,17H2. The van der Waals surface area contributed by atoms with Crippen LogP contribution in [0.4, 0.5) is 14.5 Å². The normalized spacial score (nSPS) is 19.1. The van der Waals surface area contributed by atoms with Crippen LogP contribution in [-0.2, 0) is 0 Å². The molecule has 1 fully saturated rings. The molecule has 110 valence electrons. The van der Waals surface area contributed by atoms with E-state index in [0.717, 1.165) is 31.4 Å². The Morgan fingerprint density at radius 1 is 1.35 bits per heavy atom. The SMILES string of the molecule is Nc1cc(F)c(F)cc1C(=O)N1CCCCC1CCO. The number of carbonyl (C=O) groups is 1. The number of rotatable bonds is 3. The monoisotopic (exact) mass is 284 g/mol. The number of benzene rings is 1. The number of nitrogens with zero attached hydrogens (tertiary/aromatic N) is 1. The van der Waals surface area contributed by atoms with Gasteiger partial charge in [0.2, 0.25) is 0 Å². The van der Waals surface area contributed by atoms with Gasteiger partial charge in [-0.2, -0.15) is 0 Å². The van der Waals surface area contributed by atoms with Gasteiger partial charge in [0.25, 0.3) is 5.91 Å². The number of anilines is 1. The topological polar surface area (TPSA) is 66.6 Å². The van der Waals surface area contributed by atoms with E-state index in [1.807, 2.05) is 0 Å². The van der Waals surface area contributed by atoms with Crippen LogP contribution < -0.4 is 5.73 Å². The Bertz CT molecular complexity index is 506. The molecule has 2 rings (SSSR count). The van der Waals surface area contributed by atoms with Crippen molar-refractivity contribution in [1.82, 2.24) is 4.90 Å². The molecule has 1 heterocycles. The van der Waals surface area contributed by atoms with Crippen molar-refractivity contribution in [3.63, 3.8) is 0 Å². The summed E-state index contributed by atoms with van der Waals surface area (Å²) in [7, 11) is 0. The lowest BCUT2D eigenvalue weighted by Gasteiger charge is -2.35. The molecule has 1 atom stereocenters. The molecule has 0 bridgehead atoms. The lowest BCUT2D eigenvalue weighted by Crippen LogP contribution is -2.44. The maximum atomic E-state index is 13.3. The predicted molar refractivity (Wildman–Crippen MR) is 71.1 cm³/mol. The van der Waals surface area contributed by atoms with Gasteiger partial charge in [0.1, 0.15) is 0 Å². The first kappa shape index (κ1) is 14.7. The zero-order chi connectivity index (χ0) is 14.7. The van der Waals surface area contributed by atoms with Crippen molar-refractivity contribution in [3.05, 3.63) is 29.3 Å². The zero-order valence-corrected chi connectivity index (χ0v) is 11.1. The van der Waals surface area contributed by atoms with Crippen molar-refractivity contribution in [3.8, 4) is 0 Å². The Morgan fingerprint density at radius 2 is 2.05 bits per heavy atom. The van der Waals surface area contributed by atoms with E-state index < -0.39 is 17.5 Å². The Balaban J connectivity index is 2.27. The van der Waals surface area contributed by atoms with Crippen molar-refractivity contribution >= 4 is 11.6 Å². The lowest BCUT2D eigenvalue weighted by molar-refractivity contribution is 0.0575. The maximum absolute atomic E-state index is 13.3. The van der Waals surface area contributed by atoms with Gasteiger partial charge in [0, 0.05) is 30.9 Å². The number of aliphatic hydroxyl groups is 1. The number of hydrogen-bond donors (Lipinski definition) is 2. The summed E-state index contributed by atoms with van der Waals surface area (Å²) in [6, 6.07) is 1.60. The average Bonchev–Trinajstić information content (AvgIpc) is 2.43. The number of amides is 1. The molecule has 4 nitrogen and oxygen atoms in total. The predicted octanol–water partition coefficient (Wildman–Crippen LogP) is 1.92. The Morgan fingerprint density at radius 3 is 2.75 bits per heavy atom. The van der Waals surface area contributed by atoms with Crippen molar-refractivity contribution in [2.45, 2.75) is 31.7 Å². The van der Waals surface area contributed by atoms with Crippen LogP contribution >= 0.6 is 0 Å². The molecule has 1 aliphatic heterocycles. The number of carbonyl (C=O) groups excluding carboxylic acids is 1. The van der Waals surface area contributed by atoms with Gasteiger partial charge in [-0.05, 0) is 31.7 Å². The molecule has 1 saturated heterocycles. The lowest BCUT2D eigenvalue weighted by atomic mass is 9.98. The number of hydrogen-bond acceptors (Lipinski definition) is 3. The van der Waals surface area contributed by atoms with Crippen molar-refractivity contribution < 1.29 is 18.7 Å². The number of piperidine rings is 1. The largest absolute Gasteiger partial charge is 0.398 e. The van der Waals surface area contributed by atoms with E-state index in [1.165, 1.54) is 0 Å². The maximum Gasteiger partial charge on any atom is 0.256 e. The number of likely N-dealkylation sites (tertiary alicyclic amines) is 1. The average molecular weight is 284 g/mol. The molecule has 1 amide bonds. The quantitative estimate of drug-likeness (QED) is 0.833. The molecule has 6 heteroatoms. The molecule has 0 aromatic heterocycles. The molecule has 20 heavy (non-hydrogen) atoms. The second-order valence-electron chi connectivity index (χ2n) is 5.01. The van der Waals surface area contributed by atoms with Gasteiger partial charge in [-0.3, -0.25) is 4.79 Å². The first-order valence-corrected chi connectivity index (χ1v) is 6.71. The van der Waals surface area contributed by atoms with Crippen LogP contribution in [0.5, 0.6) is 0 Å². The van der Waals surface area contributed by atoms with Crippen LogP contribution in [0.25, 0.3) is 0 Å². The van der Waals surface area contributed by atoms with E-state index in [1.54, 1.807) is 4.90 Å². The smallest absolute Gasteiger partial charge is 0.256 e. The summed E-state index contributed by atoms with van der Waals surface area (Å²) in [5.74, 6) is -2.55. The van der Waals surface area contributed by atoms with Gasteiger partial charge in [0.05, 0.1) is 5.56 Å². The minimum absolute atomic E-state index is 0.0122. The third-order valence-corrected chi connectivity index (χ3v) is 3.67. The molecule has 0 aliphatic carbocycles. The van der Waals surface area contributed by atoms with Crippen LogP contribution in [0, 0.1) is 11.6 Å². The van der Waals surface area contributed by atoms with E-state index in [0.29, 0.717) is 13.0 Å². The number of aliphatic hydroxyl groups excluding tert-OH is 1. The van der Waals surface area contributed by atoms with Crippen LogP contribution in [-0.4, -0.2) is 35.1 Å². The highest BCUT2D eigenvalue weighted by molar-refractivity contribution is 5.99. The van der Waals surface area contributed by atoms with Crippen LogP contribution in [0.3, 0.4) is 0 Å². The fourth-order valence-electron chi connectivity index (χ4n) is 2.62. The molecular weight excluding hydrogens is 266 g/mol. The fraction of sp³-hybridized carbons (Fsp3) is 0.500. The summed E-state index contributed by atoms with van der Waals surface area (Å²) < 4.78 is 26.3. The van der Waals surface area contributed by atoms with Crippen LogP contribution in [0.2, 0.25) is 0 Å². The Hall–Kier alpha value is -1.69. The third-order valence-electron chi connectivity index (χ3n) is 3.67. The molecule has 1 unspecified atom stereocenters. The van der Waals surface area contributed by atoms with Crippen molar-refractivity contribution in [1.29, 1.82) is 0 Å². The van der Waals surface area contributed by atoms with Crippen LogP contribution in [0.1, 0.15) is 36.0 Å². The van der Waals surface area contributed by atoms with Gasteiger partial charge in [0.15, 0.2) is 11.6 Å². The van der Waals surface area contributed by atoms with Gasteiger partial charge in [-0.15, -0.1) is 0 Å². The van der Waals surface area contributed by atoms with Crippen molar-refractivity contribution in [2.24, 2.45) is 0 Å². The van der Waals surface area contributed by atoms with E-state index in [9.17, 15) is 13.6 Å². The van der Waals surface area contributed by atoms with Gasteiger partial charge >= 0.3 is 0 Å². The summed E-state index contributed by atoms with van der Waals surface area (Å²) in [4.78, 5) is 14.0. The molecule has 1 aromatic carbocycles. The summed E-state index contributed by atoms with van der Waals surface area (Å²) in [6.07, 6.45) is 3.13. The molecule has 1 aliphatic rings. The van der Waals surface area contributed by atoms with E-state index in [4.69, 9.17) is 10.8 Å². The highest BCUT2D eigenvalue weighted by Crippen LogP contribution is 2.25. The molecule has 3 N–H and O–H groups in total. The first-order chi connectivity index (χ1) is 9.54. The molecule has 0 spiro atoms.